The predicted octanol–water partition coefficient (Wildman–Crippen LogP) is 1.05. The van der Waals surface area contributed by atoms with E-state index in [0.717, 1.165) is 12.4 Å². The maximum absolute atomic E-state index is 14.0. The monoisotopic (exact) mass is 265 g/mol. The Morgan fingerprint density at radius 3 is 2.89 bits per heavy atom. The Balaban J connectivity index is 2.63. The number of aliphatic hydroxyl groups excluding tert-OH is 1. The van der Waals surface area contributed by atoms with Crippen molar-refractivity contribution >= 4 is 17.0 Å². The molecule has 2 aromatic heterocycles. The number of aromatic nitrogens is 2. The van der Waals surface area contributed by atoms with E-state index in [1.54, 1.807) is 0 Å². The fourth-order valence-electron chi connectivity index (χ4n) is 1.70. The van der Waals surface area contributed by atoms with Crippen LogP contribution in [0.4, 0.5) is 10.2 Å². The standard InChI is InChI=1S/C11H12FN5O2/c1-14-11(9(18)4-13)7-2-6-3-10(16-19)15-17(6)5-8(7)12/h2-5,18-19H,13H2,1H3,(H,15,16)/b9-4+,14-11?. The van der Waals surface area contributed by atoms with E-state index < -0.39 is 5.82 Å². The number of allylic oxidation sites excluding steroid dienone is 1. The first kappa shape index (κ1) is 12.8. The number of nitrogens with two attached hydrogens (primary N) is 1. The molecule has 7 nitrogen and oxygen atoms in total. The van der Waals surface area contributed by atoms with E-state index in [4.69, 9.17) is 10.9 Å². The van der Waals surface area contributed by atoms with Crippen molar-refractivity contribution in [3.8, 4) is 0 Å². The van der Waals surface area contributed by atoms with E-state index in [1.165, 1.54) is 23.7 Å². The molecule has 2 aromatic rings. The SMILES string of the molecule is CN=C(/C(O)=C\N)c1cc2cc(NO)nn2cc1F. The van der Waals surface area contributed by atoms with Crippen molar-refractivity contribution < 1.29 is 14.7 Å². The van der Waals surface area contributed by atoms with Crippen LogP contribution in [0.3, 0.4) is 0 Å². The van der Waals surface area contributed by atoms with Gasteiger partial charge in [-0.25, -0.2) is 8.91 Å². The van der Waals surface area contributed by atoms with Gasteiger partial charge in [0, 0.05) is 24.9 Å². The number of anilines is 1. The number of hydrogen-bond donors (Lipinski definition) is 4. The molecule has 0 amide bonds. The summed E-state index contributed by atoms with van der Waals surface area (Å²) >= 11 is 0. The van der Waals surface area contributed by atoms with Crippen LogP contribution in [-0.4, -0.2) is 32.7 Å². The fourth-order valence-corrected chi connectivity index (χ4v) is 1.70. The zero-order valence-corrected chi connectivity index (χ0v) is 10.0. The number of pyridine rings is 1. The quantitative estimate of drug-likeness (QED) is 0.377. The van der Waals surface area contributed by atoms with Crippen molar-refractivity contribution in [1.29, 1.82) is 0 Å². The molecule has 0 aromatic carbocycles. The van der Waals surface area contributed by atoms with Crippen LogP contribution in [0.1, 0.15) is 5.56 Å². The van der Waals surface area contributed by atoms with Crippen molar-refractivity contribution in [1.82, 2.24) is 9.61 Å². The summed E-state index contributed by atoms with van der Waals surface area (Å²) in [5.41, 5.74) is 7.69. The van der Waals surface area contributed by atoms with Gasteiger partial charge in [0.2, 0.25) is 0 Å². The normalized spacial score (nSPS) is 13.0. The molecule has 0 saturated heterocycles. The Labute approximate surface area is 107 Å². The lowest BCUT2D eigenvalue weighted by atomic mass is 10.1. The molecule has 0 bridgehead atoms. The Kier molecular flexibility index (Phi) is 3.34. The van der Waals surface area contributed by atoms with Crippen molar-refractivity contribution in [3.05, 3.63) is 41.7 Å². The number of hydrogen-bond acceptors (Lipinski definition) is 6. The Bertz CT molecular complexity index is 677. The van der Waals surface area contributed by atoms with Gasteiger partial charge in [-0.3, -0.25) is 15.7 Å². The predicted molar refractivity (Wildman–Crippen MR) is 67.9 cm³/mol. The Morgan fingerprint density at radius 2 is 2.32 bits per heavy atom. The molecule has 0 radical (unpaired) electrons. The van der Waals surface area contributed by atoms with Gasteiger partial charge in [-0.15, -0.1) is 5.10 Å². The minimum Gasteiger partial charge on any atom is -0.504 e. The topological polar surface area (TPSA) is 108 Å². The average molecular weight is 265 g/mol. The molecular weight excluding hydrogens is 253 g/mol. The third-order valence-corrected chi connectivity index (χ3v) is 2.54. The number of nitrogens with one attached hydrogen (secondary N) is 1. The van der Waals surface area contributed by atoms with Crippen LogP contribution in [0.2, 0.25) is 0 Å². The van der Waals surface area contributed by atoms with E-state index in [9.17, 15) is 9.50 Å². The second-order valence-corrected chi connectivity index (χ2v) is 3.67. The molecule has 0 spiro atoms. The summed E-state index contributed by atoms with van der Waals surface area (Å²) in [4.78, 5) is 3.81. The molecule has 0 fully saturated rings. The first-order valence-corrected chi connectivity index (χ1v) is 5.28. The summed E-state index contributed by atoms with van der Waals surface area (Å²) in [6, 6.07) is 2.94. The summed E-state index contributed by atoms with van der Waals surface area (Å²) in [6.45, 7) is 0. The first-order chi connectivity index (χ1) is 9.10. The van der Waals surface area contributed by atoms with Crippen LogP contribution in [0.15, 0.2) is 35.3 Å². The van der Waals surface area contributed by atoms with E-state index in [0.29, 0.717) is 5.52 Å². The number of nitrogens with zero attached hydrogens (tertiary/aromatic N) is 3. The van der Waals surface area contributed by atoms with Gasteiger partial charge in [0.05, 0.1) is 11.7 Å². The highest BCUT2D eigenvalue weighted by Gasteiger charge is 2.15. The summed E-state index contributed by atoms with van der Waals surface area (Å²) in [7, 11) is 1.41. The first-order valence-electron chi connectivity index (χ1n) is 5.28. The zero-order valence-electron chi connectivity index (χ0n) is 10.0. The summed E-state index contributed by atoms with van der Waals surface area (Å²) in [5, 5.41) is 22.2. The van der Waals surface area contributed by atoms with E-state index in [-0.39, 0.29) is 22.9 Å². The van der Waals surface area contributed by atoms with Gasteiger partial charge in [0.1, 0.15) is 5.71 Å². The molecule has 0 unspecified atom stereocenters. The second kappa shape index (κ2) is 4.94. The number of aliphatic imine (C=N–C) groups is 1. The van der Waals surface area contributed by atoms with Crippen molar-refractivity contribution in [2.24, 2.45) is 10.7 Å². The number of aliphatic hydroxyl groups is 1. The van der Waals surface area contributed by atoms with Gasteiger partial charge in [-0.1, -0.05) is 0 Å². The van der Waals surface area contributed by atoms with Crippen molar-refractivity contribution in [3.63, 3.8) is 0 Å². The van der Waals surface area contributed by atoms with E-state index in [1.807, 2.05) is 5.48 Å². The van der Waals surface area contributed by atoms with Crippen LogP contribution in [0.25, 0.3) is 5.52 Å². The minimum atomic E-state index is -0.630. The van der Waals surface area contributed by atoms with Gasteiger partial charge in [-0.2, -0.15) is 0 Å². The third-order valence-electron chi connectivity index (χ3n) is 2.54. The molecule has 100 valence electrons. The molecule has 0 aliphatic carbocycles. The summed E-state index contributed by atoms with van der Waals surface area (Å²) in [6.07, 6.45) is 2.05. The number of rotatable bonds is 3. The molecule has 0 aliphatic rings. The van der Waals surface area contributed by atoms with Crippen LogP contribution in [-0.2, 0) is 0 Å². The molecule has 0 aliphatic heterocycles. The Hall–Kier alpha value is -2.61. The molecule has 5 N–H and O–H groups in total. The van der Waals surface area contributed by atoms with Gasteiger partial charge >= 0.3 is 0 Å². The average Bonchev–Trinajstić information content (AvgIpc) is 2.81. The van der Waals surface area contributed by atoms with Crippen LogP contribution < -0.4 is 11.2 Å². The maximum atomic E-state index is 14.0. The van der Waals surface area contributed by atoms with Gasteiger partial charge in [0.25, 0.3) is 0 Å². The highest BCUT2D eigenvalue weighted by molar-refractivity contribution is 6.11. The summed E-state index contributed by atoms with van der Waals surface area (Å²) < 4.78 is 15.2. The lowest BCUT2D eigenvalue weighted by Gasteiger charge is -2.06. The number of halogens is 1. The highest BCUT2D eigenvalue weighted by atomic mass is 19.1. The largest absolute Gasteiger partial charge is 0.504 e. The van der Waals surface area contributed by atoms with Crippen molar-refractivity contribution in [2.75, 3.05) is 12.5 Å². The molecular formula is C11H12FN5O2. The van der Waals surface area contributed by atoms with E-state index in [2.05, 4.69) is 10.1 Å². The lowest BCUT2D eigenvalue weighted by molar-refractivity contribution is 0.385. The van der Waals surface area contributed by atoms with Crippen LogP contribution in [0.5, 0.6) is 0 Å². The van der Waals surface area contributed by atoms with Gasteiger partial charge in [0.15, 0.2) is 17.4 Å². The molecule has 0 saturated carbocycles. The maximum Gasteiger partial charge on any atom is 0.172 e. The van der Waals surface area contributed by atoms with Crippen LogP contribution >= 0.6 is 0 Å². The molecule has 0 atom stereocenters. The molecule has 19 heavy (non-hydrogen) atoms. The highest BCUT2D eigenvalue weighted by Crippen LogP contribution is 2.18. The van der Waals surface area contributed by atoms with Gasteiger partial charge < -0.3 is 10.8 Å². The Morgan fingerprint density at radius 1 is 1.58 bits per heavy atom. The van der Waals surface area contributed by atoms with Crippen LogP contribution in [0, 0.1) is 5.82 Å². The zero-order chi connectivity index (χ0) is 14.0. The lowest BCUT2D eigenvalue weighted by Crippen LogP contribution is -2.10. The fraction of sp³-hybridized carbons (Fsp3) is 0.0909. The van der Waals surface area contributed by atoms with Gasteiger partial charge in [-0.05, 0) is 6.07 Å². The minimum absolute atomic E-state index is 0.0298. The molecule has 2 heterocycles. The van der Waals surface area contributed by atoms with E-state index >= 15 is 0 Å². The second-order valence-electron chi connectivity index (χ2n) is 3.67. The summed E-state index contributed by atoms with van der Waals surface area (Å²) in [5.74, 6) is -0.787. The number of fused-ring (bicyclic) bond motifs is 1. The smallest absolute Gasteiger partial charge is 0.172 e. The third kappa shape index (κ3) is 2.20. The molecule has 2 rings (SSSR count). The van der Waals surface area contributed by atoms with Crippen molar-refractivity contribution in [2.45, 2.75) is 0 Å². The molecule has 8 heteroatoms.